The highest BCUT2D eigenvalue weighted by atomic mass is 16.2. The third-order valence-electron chi connectivity index (χ3n) is 3.73. The first kappa shape index (κ1) is 19.2. The highest BCUT2D eigenvalue weighted by molar-refractivity contribution is 5.85. The summed E-state index contributed by atoms with van der Waals surface area (Å²) in [6.07, 6.45) is 2.14. The van der Waals surface area contributed by atoms with E-state index >= 15 is 0 Å². The van der Waals surface area contributed by atoms with Crippen molar-refractivity contribution in [1.29, 1.82) is 0 Å². The van der Waals surface area contributed by atoms with Gasteiger partial charge in [-0.05, 0) is 24.1 Å². The molecule has 0 aliphatic heterocycles. The van der Waals surface area contributed by atoms with Crippen LogP contribution in [0.4, 0.5) is 5.69 Å². The van der Waals surface area contributed by atoms with E-state index in [-0.39, 0.29) is 24.7 Å². The van der Waals surface area contributed by atoms with Crippen molar-refractivity contribution in [3.05, 3.63) is 65.7 Å². The second-order valence-corrected chi connectivity index (χ2v) is 5.68. The fraction of sp³-hybridized carbons (Fsp3) is 0.250. The second kappa shape index (κ2) is 9.36. The molecule has 136 valence electrons. The Labute approximate surface area is 154 Å². The first-order valence-electron chi connectivity index (χ1n) is 8.64. The molecule has 1 N–H and O–H groups in total. The first-order chi connectivity index (χ1) is 12.6. The van der Waals surface area contributed by atoms with Crippen LogP contribution in [-0.4, -0.2) is 23.1 Å². The number of aryl methyl sites for hydroxylation is 1. The Morgan fingerprint density at radius 2 is 1.65 bits per heavy atom. The first-order valence-corrected chi connectivity index (χ1v) is 8.64. The number of hydrogen-bond donors (Lipinski definition) is 1. The van der Waals surface area contributed by atoms with Crippen LogP contribution in [0.15, 0.2) is 59.7 Å². The maximum absolute atomic E-state index is 12.5. The molecule has 0 radical (unpaired) electrons. The molecule has 2 aromatic rings. The molecular weight excluding hydrogens is 328 g/mol. The zero-order valence-corrected chi connectivity index (χ0v) is 15.3. The minimum Gasteiger partial charge on any atom is -0.273 e. The number of benzene rings is 2. The molecule has 0 saturated carbocycles. The lowest BCUT2D eigenvalue weighted by atomic mass is 10.2. The topological polar surface area (TPSA) is 65.0 Å². The van der Waals surface area contributed by atoms with Gasteiger partial charge in [-0.2, -0.15) is 5.10 Å². The van der Waals surface area contributed by atoms with Crippen LogP contribution < -0.4 is 10.5 Å². The quantitative estimate of drug-likeness (QED) is 0.640. The molecule has 0 unspecified atom stereocenters. The Morgan fingerprint density at radius 1 is 1.00 bits per heavy atom. The van der Waals surface area contributed by atoms with Crippen LogP contribution in [0.3, 0.4) is 0 Å². The fourth-order valence-corrected chi connectivity index (χ4v) is 2.23. The summed E-state index contributed by atoms with van der Waals surface area (Å²) < 4.78 is 0. The van der Waals surface area contributed by atoms with Gasteiger partial charge in [-0.3, -0.25) is 9.59 Å². The molecule has 26 heavy (non-hydrogen) atoms. The van der Waals surface area contributed by atoms with Crippen molar-refractivity contribution in [1.82, 2.24) is 10.5 Å². The van der Waals surface area contributed by atoms with E-state index in [0.717, 1.165) is 11.1 Å². The van der Waals surface area contributed by atoms with Gasteiger partial charge in [0.05, 0.1) is 11.9 Å². The summed E-state index contributed by atoms with van der Waals surface area (Å²) in [7, 11) is 0. The summed E-state index contributed by atoms with van der Waals surface area (Å²) in [5, 5.41) is 7.09. The van der Waals surface area contributed by atoms with Crippen LogP contribution >= 0.6 is 0 Å². The van der Waals surface area contributed by atoms with Crippen molar-refractivity contribution in [3.63, 3.8) is 0 Å². The molecule has 0 spiro atoms. The molecule has 0 bridgehead atoms. The van der Waals surface area contributed by atoms with Gasteiger partial charge in [0.15, 0.2) is 0 Å². The molecule has 2 aromatic carbocycles. The SMILES string of the molecule is CCC(=O)NN(C(=O)CC)N(/N=C/c1ccccc1)c1ccccc1C. The second-order valence-electron chi connectivity index (χ2n) is 5.68. The number of nitrogens with one attached hydrogen (secondary N) is 1. The lowest BCUT2D eigenvalue weighted by Gasteiger charge is -2.32. The van der Waals surface area contributed by atoms with Gasteiger partial charge in [-0.1, -0.05) is 62.4 Å². The summed E-state index contributed by atoms with van der Waals surface area (Å²) in [5.41, 5.74) is 5.16. The summed E-state index contributed by atoms with van der Waals surface area (Å²) in [6.45, 7) is 5.40. The van der Waals surface area contributed by atoms with Gasteiger partial charge in [0, 0.05) is 12.8 Å². The molecule has 0 aliphatic carbocycles. The average molecular weight is 352 g/mol. The molecule has 0 fully saturated rings. The minimum atomic E-state index is -0.264. The van der Waals surface area contributed by atoms with E-state index < -0.39 is 0 Å². The number of para-hydroxylation sites is 1. The summed E-state index contributed by atoms with van der Waals surface area (Å²) in [4.78, 5) is 24.5. The van der Waals surface area contributed by atoms with Crippen molar-refractivity contribution in [2.24, 2.45) is 5.10 Å². The number of anilines is 1. The summed E-state index contributed by atoms with van der Waals surface area (Å²) in [6, 6.07) is 17.1. The molecule has 0 aromatic heterocycles. The maximum Gasteiger partial charge on any atom is 0.262 e. The monoisotopic (exact) mass is 352 g/mol. The summed E-state index contributed by atoms with van der Waals surface area (Å²) >= 11 is 0. The molecule has 6 nitrogen and oxygen atoms in total. The van der Waals surface area contributed by atoms with Crippen LogP contribution in [0.2, 0.25) is 0 Å². The normalized spacial score (nSPS) is 10.6. The lowest BCUT2D eigenvalue weighted by molar-refractivity contribution is -0.142. The molecule has 6 heteroatoms. The van der Waals surface area contributed by atoms with Crippen molar-refractivity contribution in [2.45, 2.75) is 33.6 Å². The van der Waals surface area contributed by atoms with Gasteiger partial charge in [0.25, 0.3) is 5.91 Å². The van der Waals surface area contributed by atoms with Crippen LogP contribution in [0.1, 0.15) is 37.8 Å². The van der Waals surface area contributed by atoms with Gasteiger partial charge >= 0.3 is 0 Å². The van der Waals surface area contributed by atoms with E-state index in [1.165, 1.54) is 10.2 Å². The van der Waals surface area contributed by atoms with Gasteiger partial charge < -0.3 is 0 Å². The number of rotatable bonds is 6. The Hall–Kier alpha value is -3.15. The van der Waals surface area contributed by atoms with Crippen LogP contribution in [0, 0.1) is 6.92 Å². The van der Waals surface area contributed by atoms with Crippen molar-refractivity contribution >= 4 is 23.7 Å². The number of hydrazone groups is 1. The lowest BCUT2D eigenvalue weighted by Crippen LogP contribution is -2.54. The molecule has 0 saturated heterocycles. The molecule has 2 amide bonds. The smallest absolute Gasteiger partial charge is 0.262 e. The van der Waals surface area contributed by atoms with E-state index in [4.69, 9.17) is 0 Å². The zero-order valence-electron chi connectivity index (χ0n) is 15.3. The van der Waals surface area contributed by atoms with Crippen LogP contribution in [0.5, 0.6) is 0 Å². The highest BCUT2D eigenvalue weighted by Gasteiger charge is 2.23. The minimum absolute atomic E-state index is 0.229. The van der Waals surface area contributed by atoms with Crippen molar-refractivity contribution < 1.29 is 9.59 Å². The molecule has 0 heterocycles. The predicted molar refractivity (Wildman–Crippen MR) is 103 cm³/mol. The Kier molecular flexibility index (Phi) is 6.91. The van der Waals surface area contributed by atoms with Crippen molar-refractivity contribution in [3.8, 4) is 0 Å². The third-order valence-corrected chi connectivity index (χ3v) is 3.73. The van der Waals surface area contributed by atoms with Gasteiger partial charge in [0.1, 0.15) is 0 Å². The summed E-state index contributed by atoms with van der Waals surface area (Å²) in [5.74, 6) is -0.527. The highest BCUT2D eigenvalue weighted by Crippen LogP contribution is 2.21. The van der Waals surface area contributed by atoms with Gasteiger partial charge in [-0.15, -0.1) is 10.2 Å². The Balaban J connectivity index is 2.46. The number of hydrazine groups is 2. The molecule has 0 aliphatic rings. The standard InChI is InChI=1S/C20H24N4O2/c1-4-19(25)22-24(20(26)5-2)23(18-14-10-9-11-16(18)3)21-15-17-12-7-6-8-13-17/h6-15H,4-5H2,1-3H3,(H,22,25)/b21-15+. The Bertz CT molecular complexity index is 774. The number of nitrogens with zero attached hydrogens (tertiary/aromatic N) is 3. The van der Waals surface area contributed by atoms with E-state index in [0.29, 0.717) is 5.69 Å². The Morgan fingerprint density at radius 3 is 2.27 bits per heavy atom. The van der Waals surface area contributed by atoms with E-state index in [2.05, 4.69) is 10.5 Å². The molecule has 2 rings (SSSR count). The van der Waals surface area contributed by atoms with Gasteiger partial charge in [-0.25, -0.2) is 5.43 Å². The van der Waals surface area contributed by atoms with E-state index in [1.807, 2.05) is 61.5 Å². The molecular formula is C20H24N4O2. The van der Waals surface area contributed by atoms with Crippen molar-refractivity contribution in [2.75, 3.05) is 5.12 Å². The fourth-order valence-electron chi connectivity index (χ4n) is 2.23. The predicted octanol–water partition coefficient (Wildman–Crippen LogP) is 3.43. The largest absolute Gasteiger partial charge is 0.273 e. The van der Waals surface area contributed by atoms with E-state index in [1.54, 1.807) is 20.1 Å². The maximum atomic E-state index is 12.5. The van der Waals surface area contributed by atoms with Crippen LogP contribution in [0.25, 0.3) is 0 Å². The average Bonchev–Trinajstić information content (AvgIpc) is 2.68. The zero-order chi connectivity index (χ0) is 18.9. The third kappa shape index (κ3) is 4.92. The molecule has 0 atom stereocenters. The van der Waals surface area contributed by atoms with E-state index in [9.17, 15) is 9.59 Å². The number of hydrogen-bond acceptors (Lipinski definition) is 4. The van der Waals surface area contributed by atoms with Crippen LogP contribution in [-0.2, 0) is 9.59 Å². The number of carbonyl (C=O) groups is 2. The number of carbonyl (C=O) groups excluding carboxylic acids is 2. The van der Waals surface area contributed by atoms with Gasteiger partial charge in [0.2, 0.25) is 5.91 Å². The number of amides is 2.